The van der Waals surface area contributed by atoms with Crippen molar-refractivity contribution < 1.29 is 14.3 Å². The van der Waals surface area contributed by atoms with Crippen LogP contribution in [0.15, 0.2) is 54.6 Å². The molecule has 23 heavy (non-hydrogen) atoms. The van der Waals surface area contributed by atoms with E-state index in [1.165, 1.54) is 5.56 Å². The number of morpholine rings is 1. The van der Waals surface area contributed by atoms with Crippen LogP contribution in [0.3, 0.4) is 0 Å². The standard InChI is InChI=1S/C19H21NO3/c1-19(14-20-11-12-22-19)23-18(21)17-9-7-16(8-10-17)13-15-5-3-2-4-6-15/h2-10,20H,11-14H2,1H3/t19-/m1/s1. The van der Waals surface area contributed by atoms with E-state index in [1.807, 2.05) is 30.3 Å². The molecule has 1 saturated heterocycles. The molecule has 120 valence electrons. The molecule has 0 aromatic heterocycles. The third-order valence-electron chi connectivity index (χ3n) is 3.88. The minimum absolute atomic E-state index is 0.359. The molecular weight excluding hydrogens is 290 g/mol. The van der Waals surface area contributed by atoms with E-state index < -0.39 is 5.79 Å². The summed E-state index contributed by atoms with van der Waals surface area (Å²) in [5.74, 6) is -1.25. The van der Waals surface area contributed by atoms with Crippen LogP contribution in [0.1, 0.15) is 28.4 Å². The van der Waals surface area contributed by atoms with Crippen LogP contribution >= 0.6 is 0 Å². The van der Waals surface area contributed by atoms with Crippen molar-refractivity contribution in [1.29, 1.82) is 0 Å². The van der Waals surface area contributed by atoms with Crippen LogP contribution in [-0.4, -0.2) is 31.5 Å². The maximum Gasteiger partial charge on any atom is 0.340 e. The molecule has 1 atom stereocenters. The maximum absolute atomic E-state index is 12.3. The molecule has 1 aliphatic rings. The van der Waals surface area contributed by atoms with Crippen molar-refractivity contribution in [3.05, 3.63) is 71.3 Å². The van der Waals surface area contributed by atoms with Crippen molar-refractivity contribution in [3.8, 4) is 0 Å². The van der Waals surface area contributed by atoms with Crippen LogP contribution in [0, 0.1) is 0 Å². The van der Waals surface area contributed by atoms with Gasteiger partial charge in [0, 0.05) is 13.5 Å². The van der Waals surface area contributed by atoms with Gasteiger partial charge < -0.3 is 14.8 Å². The Balaban J connectivity index is 1.63. The van der Waals surface area contributed by atoms with E-state index in [0.29, 0.717) is 18.7 Å². The van der Waals surface area contributed by atoms with Crippen molar-refractivity contribution in [3.63, 3.8) is 0 Å². The first-order valence-electron chi connectivity index (χ1n) is 7.85. The van der Waals surface area contributed by atoms with Gasteiger partial charge in [0.25, 0.3) is 0 Å². The lowest BCUT2D eigenvalue weighted by Gasteiger charge is -2.33. The third-order valence-corrected chi connectivity index (χ3v) is 3.88. The molecular formula is C19H21NO3. The molecule has 4 heteroatoms. The average molecular weight is 311 g/mol. The van der Waals surface area contributed by atoms with Crippen molar-refractivity contribution in [2.45, 2.75) is 19.1 Å². The van der Waals surface area contributed by atoms with Gasteiger partial charge in [-0.2, -0.15) is 0 Å². The largest absolute Gasteiger partial charge is 0.428 e. The second-order valence-corrected chi connectivity index (χ2v) is 5.91. The van der Waals surface area contributed by atoms with Gasteiger partial charge in [0.05, 0.1) is 18.7 Å². The van der Waals surface area contributed by atoms with Gasteiger partial charge >= 0.3 is 5.97 Å². The molecule has 0 amide bonds. The number of carbonyl (C=O) groups is 1. The fraction of sp³-hybridized carbons (Fsp3) is 0.316. The summed E-state index contributed by atoms with van der Waals surface area (Å²) in [6.07, 6.45) is 0.848. The molecule has 1 N–H and O–H groups in total. The number of benzene rings is 2. The fourth-order valence-electron chi connectivity index (χ4n) is 2.62. The average Bonchev–Trinajstić information content (AvgIpc) is 2.57. The lowest BCUT2D eigenvalue weighted by Crippen LogP contribution is -2.50. The molecule has 3 rings (SSSR count). The maximum atomic E-state index is 12.3. The van der Waals surface area contributed by atoms with Gasteiger partial charge in [0.2, 0.25) is 5.79 Å². The van der Waals surface area contributed by atoms with E-state index >= 15 is 0 Å². The number of ether oxygens (including phenoxy) is 2. The van der Waals surface area contributed by atoms with Gasteiger partial charge in [-0.05, 0) is 29.7 Å². The lowest BCUT2D eigenvalue weighted by atomic mass is 10.0. The highest BCUT2D eigenvalue weighted by Gasteiger charge is 2.32. The van der Waals surface area contributed by atoms with Gasteiger partial charge in [-0.3, -0.25) is 0 Å². The molecule has 0 spiro atoms. The predicted molar refractivity (Wildman–Crippen MR) is 88.3 cm³/mol. The van der Waals surface area contributed by atoms with Gasteiger partial charge in [0.15, 0.2) is 0 Å². The Hall–Kier alpha value is -2.17. The second-order valence-electron chi connectivity index (χ2n) is 5.91. The van der Waals surface area contributed by atoms with E-state index in [0.717, 1.165) is 18.5 Å². The summed E-state index contributed by atoms with van der Waals surface area (Å²) < 4.78 is 11.1. The third kappa shape index (κ3) is 4.18. The van der Waals surface area contributed by atoms with Crippen LogP contribution in [0.4, 0.5) is 0 Å². The minimum atomic E-state index is -0.891. The molecule has 0 saturated carbocycles. The van der Waals surface area contributed by atoms with Crippen molar-refractivity contribution in [1.82, 2.24) is 5.32 Å². The molecule has 1 heterocycles. The van der Waals surface area contributed by atoms with E-state index in [-0.39, 0.29) is 5.97 Å². The molecule has 0 radical (unpaired) electrons. The fourth-order valence-corrected chi connectivity index (χ4v) is 2.62. The molecule has 2 aromatic carbocycles. The quantitative estimate of drug-likeness (QED) is 0.882. The molecule has 1 fully saturated rings. The van der Waals surface area contributed by atoms with Gasteiger partial charge in [0.1, 0.15) is 0 Å². The highest BCUT2D eigenvalue weighted by Crippen LogP contribution is 2.18. The summed E-state index contributed by atoms with van der Waals surface area (Å²) in [6, 6.07) is 17.8. The Morgan fingerprint density at radius 2 is 1.83 bits per heavy atom. The highest BCUT2D eigenvalue weighted by molar-refractivity contribution is 5.89. The minimum Gasteiger partial charge on any atom is -0.428 e. The molecule has 0 bridgehead atoms. The summed E-state index contributed by atoms with van der Waals surface area (Å²) >= 11 is 0. The zero-order valence-corrected chi connectivity index (χ0v) is 13.2. The van der Waals surface area contributed by atoms with E-state index in [4.69, 9.17) is 9.47 Å². The zero-order valence-electron chi connectivity index (χ0n) is 13.2. The highest BCUT2D eigenvalue weighted by atomic mass is 16.7. The summed E-state index contributed by atoms with van der Waals surface area (Å²) in [6.45, 7) is 3.60. The second kappa shape index (κ2) is 6.94. The first kappa shape index (κ1) is 15.7. The summed E-state index contributed by atoms with van der Waals surface area (Å²) in [5.41, 5.74) is 2.95. The molecule has 0 aliphatic carbocycles. The molecule has 0 unspecified atom stereocenters. The Morgan fingerprint density at radius 1 is 1.13 bits per heavy atom. The van der Waals surface area contributed by atoms with Gasteiger partial charge in [-0.15, -0.1) is 0 Å². The molecule has 4 nitrogen and oxygen atoms in total. The van der Waals surface area contributed by atoms with Crippen molar-refractivity contribution in [2.24, 2.45) is 0 Å². The molecule has 2 aromatic rings. The van der Waals surface area contributed by atoms with E-state index in [2.05, 4.69) is 17.4 Å². The van der Waals surface area contributed by atoms with Crippen LogP contribution in [-0.2, 0) is 15.9 Å². The SMILES string of the molecule is C[C@@]1(OC(=O)c2ccc(Cc3ccccc3)cc2)CNCCO1. The van der Waals surface area contributed by atoms with E-state index in [9.17, 15) is 4.79 Å². The first-order valence-corrected chi connectivity index (χ1v) is 7.85. The predicted octanol–water partition coefficient (Wildman–Crippen LogP) is 2.77. The summed E-state index contributed by atoms with van der Waals surface area (Å²) in [4.78, 5) is 12.3. The molecule has 1 aliphatic heterocycles. The summed E-state index contributed by atoms with van der Waals surface area (Å²) in [5, 5.41) is 3.17. The Kier molecular flexibility index (Phi) is 4.74. The van der Waals surface area contributed by atoms with Crippen molar-refractivity contribution >= 4 is 5.97 Å². The Bertz CT molecular complexity index is 646. The normalized spacial score (nSPS) is 20.9. The summed E-state index contributed by atoms with van der Waals surface area (Å²) in [7, 11) is 0. The van der Waals surface area contributed by atoms with Crippen molar-refractivity contribution in [2.75, 3.05) is 19.7 Å². The van der Waals surface area contributed by atoms with Crippen LogP contribution in [0.25, 0.3) is 0 Å². The number of esters is 1. The number of carbonyl (C=O) groups excluding carboxylic acids is 1. The number of rotatable bonds is 4. The number of hydrogen-bond acceptors (Lipinski definition) is 4. The topological polar surface area (TPSA) is 47.6 Å². The van der Waals surface area contributed by atoms with Gasteiger partial charge in [-0.1, -0.05) is 42.5 Å². The first-order chi connectivity index (χ1) is 11.1. The zero-order chi connectivity index (χ0) is 16.1. The van der Waals surface area contributed by atoms with Gasteiger partial charge in [-0.25, -0.2) is 4.79 Å². The van der Waals surface area contributed by atoms with Crippen LogP contribution in [0.2, 0.25) is 0 Å². The number of nitrogens with one attached hydrogen (secondary N) is 1. The van der Waals surface area contributed by atoms with Crippen LogP contribution in [0.5, 0.6) is 0 Å². The smallest absolute Gasteiger partial charge is 0.340 e. The lowest BCUT2D eigenvalue weighted by molar-refractivity contribution is -0.201. The Morgan fingerprint density at radius 3 is 2.48 bits per heavy atom. The Labute approximate surface area is 136 Å². The van der Waals surface area contributed by atoms with Crippen LogP contribution < -0.4 is 5.32 Å². The van der Waals surface area contributed by atoms with E-state index in [1.54, 1.807) is 19.1 Å². The monoisotopic (exact) mass is 311 g/mol. The number of hydrogen-bond donors (Lipinski definition) is 1.